The molecule has 0 aliphatic heterocycles. The summed E-state index contributed by atoms with van der Waals surface area (Å²) < 4.78 is 0. The Balaban J connectivity index is 0.00000121. The van der Waals surface area contributed by atoms with E-state index >= 15 is 0 Å². The molecule has 0 saturated heterocycles. The van der Waals surface area contributed by atoms with Gasteiger partial charge in [0.15, 0.2) is 5.60 Å². The van der Waals surface area contributed by atoms with Gasteiger partial charge in [0.05, 0.1) is 0 Å². The summed E-state index contributed by atoms with van der Waals surface area (Å²) in [6.45, 7) is 3.49. The second-order valence-electron chi connectivity index (χ2n) is 2.49. The monoisotopic (exact) mass is 201 g/mol. The second-order valence-corrected chi connectivity index (χ2v) is 3.73. The van der Waals surface area contributed by atoms with Crippen LogP contribution in [-0.2, 0) is 5.60 Å². The molecule has 1 rings (SSSR count). The van der Waals surface area contributed by atoms with Crippen LogP contribution in [0.3, 0.4) is 0 Å². The first-order chi connectivity index (χ1) is 5.06. The van der Waals surface area contributed by atoms with Crippen LogP contribution in [0.4, 0.5) is 0 Å². The Morgan fingerprint density at radius 2 is 2.33 bits per heavy atom. The molecule has 12 heavy (non-hydrogen) atoms. The molecule has 0 unspecified atom stereocenters. The molecule has 1 heterocycles. The van der Waals surface area contributed by atoms with Gasteiger partial charge in [0.1, 0.15) is 5.01 Å². The van der Waals surface area contributed by atoms with Crippen molar-refractivity contribution in [3.8, 4) is 12.3 Å². The SMILES string of the molecule is C#C[C@](C)(O)c1ncc(C)s1.S. The van der Waals surface area contributed by atoms with Crippen LogP contribution in [-0.4, -0.2) is 10.1 Å². The first kappa shape index (κ1) is 11.5. The number of rotatable bonds is 1. The van der Waals surface area contributed by atoms with Crippen LogP contribution in [0, 0.1) is 19.3 Å². The Hall–Kier alpha value is -0.500. The Morgan fingerprint density at radius 3 is 2.67 bits per heavy atom. The topological polar surface area (TPSA) is 33.1 Å². The number of hydrogen-bond donors (Lipinski definition) is 1. The van der Waals surface area contributed by atoms with E-state index in [1.54, 1.807) is 13.1 Å². The maximum absolute atomic E-state index is 9.52. The van der Waals surface area contributed by atoms with Gasteiger partial charge in [-0.15, -0.1) is 17.8 Å². The number of aromatic nitrogens is 1. The van der Waals surface area contributed by atoms with E-state index in [4.69, 9.17) is 6.42 Å². The standard InChI is InChI=1S/C8H9NOS.H2S/c1-4-8(3,10)7-9-5-6(2)11-7;/h1,5,10H,2-3H3;1H2/t8-;/m0./s1. The molecule has 1 aromatic rings. The lowest BCUT2D eigenvalue weighted by Gasteiger charge is -2.11. The van der Waals surface area contributed by atoms with Gasteiger partial charge in [0.2, 0.25) is 0 Å². The lowest BCUT2D eigenvalue weighted by atomic mass is 10.1. The normalized spacial score (nSPS) is 14.2. The molecule has 0 spiro atoms. The molecule has 1 atom stereocenters. The van der Waals surface area contributed by atoms with Crippen LogP contribution >= 0.6 is 24.8 Å². The summed E-state index contributed by atoms with van der Waals surface area (Å²) in [5.41, 5.74) is -1.21. The van der Waals surface area contributed by atoms with E-state index in [0.29, 0.717) is 5.01 Å². The third-order valence-electron chi connectivity index (χ3n) is 1.32. The first-order valence-electron chi connectivity index (χ1n) is 3.19. The van der Waals surface area contributed by atoms with Crippen LogP contribution in [0.25, 0.3) is 0 Å². The quantitative estimate of drug-likeness (QED) is 0.697. The average molecular weight is 201 g/mol. The molecular weight excluding hydrogens is 190 g/mol. The number of nitrogens with zero attached hydrogens (tertiary/aromatic N) is 1. The van der Waals surface area contributed by atoms with Crippen molar-refractivity contribution in [1.82, 2.24) is 4.98 Å². The summed E-state index contributed by atoms with van der Waals surface area (Å²) in [5, 5.41) is 10.1. The molecule has 0 aliphatic carbocycles. The largest absolute Gasteiger partial charge is 0.371 e. The van der Waals surface area contributed by atoms with Crippen LogP contribution in [0.1, 0.15) is 16.8 Å². The van der Waals surface area contributed by atoms with E-state index in [-0.39, 0.29) is 13.5 Å². The molecule has 0 aromatic carbocycles. The highest BCUT2D eigenvalue weighted by molar-refractivity contribution is 7.59. The van der Waals surface area contributed by atoms with Crippen molar-refractivity contribution in [2.75, 3.05) is 0 Å². The van der Waals surface area contributed by atoms with E-state index in [0.717, 1.165) is 4.88 Å². The number of aryl methyl sites for hydroxylation is 1. The van der Waals surface area contributed by atoms with Crippen molar-refractivity contribution >= 4 is 24.8 Å². The summed E-state index contributed by atoms with van der Waals surface area (Å²) in [7, 11) is 0. The van der Waals surface area contributed by atoms with E-state index in [1.807, 2.05) is 6.92 Å². The zero-order chi connectivity index (χ0) is 8.48. The highest BCUT2D eigenvalue weighted by Gasteiger charge is 2.22. The number of aliphatic hydroxyl groups is 1. The van der Waals surface area contributed by atoms with Gasteiger partial charge in [0.25, 0.3) is 0 Å². The fraction of sp³-hybridized carbons (Fsp3) is 0.375. The molecule has 2 nitrogen and oxygen atoms in total. The molecule has 0 amide bonds. The Morgan fingerprint density at radius 1 is 1.75 bits per heavy atom. The highest BCUT2D eigenvalue weighted by Crippen LogP contribution is 2.23. The first-order valence-corrected chi connectivity index (χ1v) is 4.01. The molecule has 0 aliphatic rings. The minimum atomic E-state index is -1.21. The number of hydrogen-bond acceptors (Lipinski definition) is 3. The predicted molar refractivity (Wildman–Crippen MR) is 55.6 cm³/mol. The fourth-order valence-electron chi connectivity index (χ4n) is 0.642. The third-order valence-corrected chi connectivity index (χ3v) is 2.44. The van der Waals surface area contributed by atoms with Gasteiger partial charge in [-0.25, -0.2) is 4.98 Å². The zero-order valence-electron chi connectivity index (χ0n) is 6.96. The van der Waals surface area contributed by atoms with E-state index in [1.165, 1.54) is 11.3 Å². The lowest BCUT2D eigenvalue weighted by Crippen LogP contribution is -2.17. The van der Waals surface area contributed by atoms with Crippen LogP contribution in [0.15, 0.2) is 6.20 Å². The maximum Gasteiger partial charge on any atom is 0.174 e. The van der Waals surface area contributed by atoms with Crippen LogP contribution in [0.2, 0.25) is 0 Å². The van der Waals surface area contributed by atoms with Crippen LogP contribution < -0.4 is 0 Å². The lowest BCUT2D eigenvalue weighted by molar-refractivity contribution is 0.122. The summed E-state index contributed by atoms with van der Waals surface area (Å²) in [6, 6.07) is 0. The van der Waals surface area contributed by atoms with Crippen molar-refractivity contribution in [1.29, 1.82) is 0 Å². The minimum Gasteiger partial charge on any atom is -0.371 e. The van der Waals surface area contributed by atoms with Gasteiger partial charge >= 0.3 is 0 Å². The zero-order valence-corrected chi connectivity index (χ0v) is 8.77. The Kier molecular flexibility index (Phi) is 3.78. The third kappa shape index (κ3) is 2.24. The van der Waals surface area contributed by atoms with Crippen molar-refractivity contribution < 1.29 is 5.11 Å². The fourth-order valence-corrected chi connectivity index (χ4v) is 1.41. The Bertz CT molecular complexity index is 298. The highest BCUT2D eigenvalue weighted by atomic mass is 32.1. The van der Waals surface area contributed by atoms with Crippen molar-refractivity contribution in [3.63, 3.8) is 0 Å². The van der Waals surface area contributed by atoms with E-state index in [2.05, 4.69) is 10.9 Å². The summed E-state index contributed by atoms with van der Waals surface area (Å²) in [6.07, 6.45) is 6.81. The minimum absolute atomic E-state index is 0. The van der Waals surface area contributed by atoms with Gasteiger partial charge in [-0.3, -0.25) is 0 Å². The molecule has 0 fully saturated rings. The van der Waals surface area contributed by atoms with E-state index in [9.17, 15) is 5.11 Å². The molecule has 0 radical (unpaired) electrons. The molecule has 0 bridgehead atoms. The van der Waals surface area contributed by atoms with Gasteiger partial charge < -0.3 is 5.11 Å². The predicted octanol–water partition coefficient (Wildman–Crippen LogP) is 1.41. The molecule has 1 aromatic heterocycles. The van der Waals surface area contributed by atoms with Crippen molar-refractivity contribution in [2.24, 2.45) is 0 Å². The van der Waals surface area contributed by atoms with E-state index < -0.39 is 5.60 Å². The van der Waals surface area contributed by atoms with Gasteiger partial charge in [0, 0.05) is 11.1 Å². The summed E-state index contributed by atoms with van der Waals surface area (Å²) >= 11 is 1.42. The smallest absolute Gasteiger partial charge is 0.174 e. The summed E-state index contributed by atoms with van der Waals surface area (Å²) in [4.78, 5) is 5.04. The van der Waals surface area contributed by atoms with Crippen molar-refractivity contribution in [2.45, 2.75) is 19.4 Å². The van der Waals surface area contributed by atoms with Gasteiger partial charge in [-0.1, -0.05) is 5.92 Å². The molecular formula is C8H11NOS2. The Labute approximate surface area is 83.1 Å². The maximum atomic E-state index is 9.52. The molecule has 4 heteroatoms. The average Bonchev–Trinajstić information content (AvgIpc) is 2.36. The van der Waals surface area contributed by atoms with Gasteiger partial charge in [-0.2, -0.15) is 13.5 Å². The van der Waals surface area contributed by atoms with Crippen LogP contribution in [0.5, 0.6) is 0 Å². The summed E-state index contributed by atoms with van der Waals surface area (Å²) in [5.74, 6) is 2.27. The second kappa shape index (κ2) is 3.94. The van der Waals surface area contributed by atoms with Crippen molar-refractivity contribution in [3.05, 3.63) is 16.1 Å². The molecule has 0 saturated carbocycles. The molecule has 66 valence electrons. The van der Waals surface area contributed by atoms with Gasteiger partial charge in [-0.05, 0) is 13.8 Å². The number of terminal acetylenes is 1. The molecule has 1 N–H and O–H groups in total. The number of thiazole rings is 1.